The van der Waals surface area contributed by atoms with Gasteiger partial charge < -0.3 is 18.9 Å². The molecule has 0 unspecified atom stereocenters. The van der Waals surface area contributed by atoms with Gasteiger partial charge in [0.25, 0.3) is 0 Å². The SMILES string of the molecule is O=C(/C=C/c1ccc(OCCN2CCOCC2)cc1)c1ccc2c(c1)OCO2. The fourth-order valence-electron chi connectivity index (χ4n) is 3.11. The molecule has 0 radical (unpaired) electrons. The van der Waals surface area contributed by atoms with Gasteiger partial charge in [-0.05, 0) is 42.0 Å². The molecule has 6 heteroatoms. The van der Waals surface area contributed by atoms with Crippen molar-refractivity contribution >= 4 is 11.9 Å². The van der Waals surface area contributed by atoms with Gasteiger partial charge in [0.1, 0.15) is 12.4 Å². The van der Waals surface area contributed by atoms with Crippen molar-refractivity contribution in [1.29, 1.82) is 0 Å². The first kappa shape index (κ1) is 18.5. The topological polar surface area (TPSA) is 57.2 Å². The second-order valence-corrected chi connectivity index (χ2v) is 6.64. The summed E-state index contributed by atoms with van der Waals surface area (Å²) in [7, 11) is 0. The normalized spacial score (nSPS) is 16.4. The summed E-state index contributed by atoms with van der Waals surface area (Å²) in [4.78, 5) is 14.7. The molecule has 146 valence electrons. The Balaban J connectivity index is 1.28. The van der Waals surface area contributed by atoms with E-state index in [-0.39, 0.29) is 12.6 Å². The highest BCUT2D eigenvalue weighted by Gasteiger charge is 2.15. The van der Waals surface area contributed by atoms with Crippen LogP contribution in [0.1, 0.15) is 15.9 Å². The number of nitrogens with zero attached hydrogens (tertiary/aromatic N) is 1. The van der Waals surface area contributed by atoms with E-state index < -0.39 is 0 Å². The highest BCUT2D eigenvalue weighted by atomic mass is 16.7. The third kappa shape index (κ3) is 4.71. The molecule has 1 fully saturated rings. The van der Waals surface area contributed by atoms with Crippen LogP contribution in [0.3, 0.4) is 0 Å². The highest BCUT2D eigenvalue weighted by Crippen LogP contribution is 2.32. The smallest absolute Gasteiger partial charge is 0.231 e. The van der Waals surface area contributed by atoms with E-state index in [2.05, 4.69) is 4.90 Å². The van der Waals surface area contributed by atoms with Gasteiger partial charge in [0.15, 0.2) is 17.3 Å². The number of rotatable bonds is 7. The Hall–Kier alpha value is -2.83. The van der Waals surface area contributed by atoms with Gasteiger partial charge in [-0.3, -0.25) is 9.69 Å². The summed E-state index contributed by atoms with van der Waals surface area (Å²) in [6, 6.07) is 12.9. The number of benzene rings is 2. The number of allylic oxidation sites excluding steroid dienone is 1. The predicted octanol–water partition coefficient (Wildman–Crippen LogP) is 3.02. The lowest BCUT2D eigenvalue weighted by molar-refractivity contribution is 0.0322. The number of ketones is 1. The second-order valence-electron chi connectivity index (χ2n) is 6.64. The van der Waals surface area contributed by atoms with Gasteiger partial charge in [-0.25, -0.2) is 0 Å². The number of morpholine rings is 1. The van der Waals surface area contributed by atoms with Gasteiger partial charge in [0, 0.05) is 25.2 Å². The van der Waals surface area contributed by atoms with Gasteiger partial charge in [-0.1, -0.05) is 18.2 Å². The molecule has 0 N–H and O–H groups in total. The van der Waals surface area contributed by atoms with Crippen molar-refractivity contribution in [3.63, 3.8) is 0 Å². The van der Waals surface area contributed by atoms with Crippen LogP contribution in [0.2, 0.25) is 0 Å². The van der Waals surface area contributed by atoms with Crippen LogP contribution in [0.5, 0.6) is 17.2 Å². The monoisotopic (exact) mass is 381 g/mol. The first-order valence-corrected chi connectivity index (χ1v) is 9.43. The largest absolute Gasteiger partial charge is 0.492 e. The molecule has 0 saturated carbocycles. The van der Waals surface area contributed by atoms with Crippen LogP contribution in [0.4, 0.5) is 0 Å². The van der Waals surface area contributed by atoms with Gasteiger partial charge in [-0.2, -0.15) is 0 Å². The standard InChI is InChI=1S/C22H23NO5/c24-20(18-4-8-21-22(15-18)28-16-27-21)7-3-17-1-5-19(6-2-17)26-14-11-23-9-12-25-13-10-23/h1-8,15H,9-14,16H2/b7-3+. The number of hydrogen-bond donors (Lipinski definition) is 0. The molecule has 2 heterocycles. The van der Waals surface area contributed by atoms with E-state index in [0.29, 0.717) is 23.7 Å². The van der Waals surface area contributed by atoms with Crippen molar-refractivity contribution < 1.29 is 23.7 Å². The molecule has 0 aliphatic carbocycles. The summed E-state index contributed by atoms with van der Waals surface area (Å²) in [6.07, 6.45) is 3.36. The molecule has 6 nitrogen and oxygen atoms in total. The zero-order chi connectivity index (χ0) is 19.2. The van der Waals surface area contributed by atoms with Gasteiger partial charge in [0.05, 0.1) is 13.2 Å². The average molecular weight is 381 g/mol. The summed E-state index contributed by atoms with van der Waals surface area (Å²) in [5.74, 6) is 2.03. The molecule has 0 amide bonds. The van der Waals surface area contributed by atoms with Crippen LogP contribution < -0.4 is 14.2 Å². The fraction of sp³-hybridized carbons (Fsp3) is 0.318. The van der Waals surface area contributed by atoms with E-state index in [4.69, 9.17) is 18.9 Å². The van der Waals surface area contributed by atoms with Crippen LogP contribution in [0.25, 0.3) is 6.08 Å². The fourth-order valence-corrected chi connectivity index (χ4v) is 3.11. The van der Waals surface area contributed by atoms with E-state index in [9.17, 15) is 4.79 Å². The number of fused-ring (bicyclic) bond motifs is 1. The molecule has 1 saturated heterocycles. The van der Waals surface area contributed by atoms with E-state index in [1.807, 2.05) is 24.3 Å². The van der Waals surface area contributed by atoms with Crippen LogP contribution in [-0.4, -0.2) is 56.9 Å². The van der Waals surface area contributed by atoms with E-state index >= 15 is 0 Å². The lowest BCUT2D eigenvalue weighted by atomic mass is 10.1. The zero-order valence-electron chi connectivity index (χ0n) is 15.6. The maximum absolute atomic E-state index is 12.4. The Morgan fingerprint density at radius 1 is 1.04 bits per heavy atom. The van der Waals surface area contributed by atoms with Crippen molar-refractivity contribution in [2.24, 2.45) is 0 Å². The maximum Gasteiger partial charge on any atom is 0.231 e. The van der Waals surface area contributed by atoms with Crippen molar-refractivity contribution in [2.75, 3.05) is 46.2 Å². The molecule has 2 aliphatic heterocycles. The van der Waals surface area contributed by atoms with E-state index in [0.717, 1.165) is 44.2 Å². The molecule has 0 atom stereocenters. The summed E-state index contributed by atoms with van der Waals surface area (Å²) in [5.41, 5.74) is 1.51. The third-order valence-corrected chi connectivity index (χ3v) is 4.74. The van der Waals surface area contributed by atoms with Gasteiger partial charge >= 0.3 is 0 Å². The molecule has 28 heavy (non-hydrogen) atoms. The maximum atomic E-state index is 12.4. The molecule has 0 bridgehead atoms. The lowest BCUT2D eigenvalue weighted by Crippen LogP contribution is -2.38. The molecule has 0 spiro atoms. The van der Waals surface area contributed by atoms with Crippen molar-refractivity contribution in [1.82, 2.24) is 4.90 Å². The third-order valence-electron chi connectivity index (χ3n) is 4.74. The Labute approximate surface area is 164 Å². The van der Waals surface area contributed by atoms with Crippen LogP contribution in [-0.2, 0) is 4.74 Å². The van der Waals surface area contributed by atoms with Crippen LogP contribution in [0.15, 0.2) is 48.5 Å². The first-order valence-electron chi connectivity index (χ1n) is 9.43. The number of hydrogen-bond acceptors (Lipinski definition) is 6. The van der Waals surface area contributed by atoms with Crippen LogP contribution >= 0.6 is 0 Å². The minimum atomic E-state index is -0.0795. The summed E-state index contributed by atoms with van der Waals surface area (Å²) in [5, 5.41) is 0. The minimum absolute atomic E-state index is 0.0795. The van der Waals surface area contributed by atoms with Crippen LogP contribution in [0, 0.1) is 0 Å². The van der Waals surface area contributed by atoms with Crippen molar-refractivity contribution in [2.45, 2.75) is 0 Å². The predicted molar refractivity (Wildman–Crippen MR) is 105 cm³/mol. The highest BCUT2D eigenvalue weighted by molar-refractivity contribution is 6.07. The molecular formula is C22H23NO5. The molecular weight excluding hydrogens is 358 g/mol. The first-order chi connectivity index (χ1) is 13.8. The number of ether oxygens (including phenoxy) is 4. The molecule has 0 aromatic heterocycles. The summed E-state index contributed by atoms with van der Waals surface area (Å²) in [6.45, 7) is 5.27. The number of carbonyl (C=O) groups excluding carboxylic acids is 1. The van der Waals surface area contributed by atoms with E-state index in [1.165, 1.54) is 0 Å². The molecule has 4 rings (SSSR count). The molecule has 2 aliphatic rings. The summed E-state index contributed by atoms with van der Waals surface area (Å²) >= 11 is 0. The Morgan fingerprint density at radius 2 is 1.82 bits per heavy atom. The zero-order valence-corrected chi connectivity index (χ0v) is 15.6. The Kier molecular flexibility index (Phi) is 5.89. The minimum Gasteiger partial charge on any atom is -0.492 e. The quantitative estimate of drug-likeness (QED) is 0.543. The van der Waals surface area contributed by atoms with Crippen molar-refractivity contribution in [3.05, 3.63) is 59.7 Å². The summed E-state index contributed by atoms with van der Waals surface area (Å²) < 4.78 is 21.7. The molecule has 2 aromatic rings. The Morgan fingerprint density at radius 3 is 2.64 bits per heavy atom. The average Bonchev–Trinajstić information content (AvgIpc) is 3.21. The Bertz CT molecular complexity index is 841. The van der Waals surface area contributed by atoms with E-state index in [1.54, 1.807) is 30.4 Å². The lowest BCUT2D eigenvalue weighted by Gasteiger charge is -2.26. The van der Waals surface area contributed by atoms with Crippen molar-refractivity contribution in [3.8, 4) is 17.2 Å². The molecule has 2 aromatic carbocycles. The van der Waals surface area contributed by atoms with Gasteiger partial charge in [0.2, 0.25) is 6.79 Å². The number of carbonyl (C=O) groups is 1. The van der Waals surface area contributed by atoms with Gasteiger partial charge in [-0.15, -0.1) is 0 Å². The second kappa shape index (κ2) is 8.91.